The minimum atomic E-state index is -3.96. The molecule has 0 saturated carbocycles. The number of fused-ring (bicyclic) bond motifs is 1. The van der Waals surface area contributed by atoms with Crippen molar-refractivity contribution in [3.8, 4) is 0 Å². The summed E-state index contributed by atoms with van der Waals surface area (Å²) in [6.07, 6.45) is 0.566. The third kappa shape index (κ3) is 3.76. The molecule has 0 aliphatic rings. The average Bonchev–Trinajstić information content (AvgIpc) is 3.27. The van der Waals surface area contributed by atoms with Gasteiger partial charge in [0.2, 0.25) is 5.89 Å². The van der Waals surface area contributed by atoms with Gasteiger partial charge in [-0.1, -0.05) is 12.1 Å². The van der Waals surface area contributed by atoms with Gasteiger partial charge >= 0.3 is 5.76 Å². The first-order chi connectivity index (χ1) is 13.9. The van der Waals surface area contributed by atoms with Crippen molar-refractivity contribution in [2.75, 3.05) is 4.72 Å². The molecule has 0 aliphatic heterocycles. The number of oxazole rings is 1. The number of hydrogen-bond acceptors (Lipinski definition) is 7. The molecular weight excluding hydrogens is 403 g/mol. The van der Waals surface area contributed by atoms with Crippen LogP contribution in [0.2, 0.25) is 0 Å². The minimum absolute atomic E-state index is 0.0231. The molecule has 9 nitrogen and oxygen atoms in total. The van der Waals surface area contributed by atoms with Crippen LogP contribution in [0.4, 0.5) is 10.1 Å². The van der Waals surface area contributed by atoms with Gasteiger partial charge in [0, 0.05) is 18.2 Å². The summed E-state index contributed by atoms with van der Waals surface area (Å²) in [7, 11) is -3.96. The lowest BCUT2D eigenvalue weighted by molar-refractivity contribution is 0.375. The second-order valence-corrected chi connectivity index (χ2v) is 7.84. The Morgan fingerprint density at radius 1 is 1.17 bits per heavy atom. The number of rotatable bonds is 6. The number of sulfonamides is 1. The monoisotopic (exact) mass is 418 g/mol. The predicted molar refractivity (Wildman–Crippen MR) is 100 cm³/mol. The molecular formula is C18H15FN4O5S. The molecule has 0 fully saturated rings. The maximum atomic E-state index is 13.0. The van der Waals surface area contributed by atoms with Crippen LogP contribution in [0, 0.1) is 5.82 Å². The summed E-state index contributed by atoms with van der Waals surface area (Å²) in [5, 5.41) is 3.80. The number of aryl methyl sites for hydroxylation is 1. The molecule has 2 heterocycles. The van der Waals surface area contributed by atoms with Gasteiger partial charge in [-0.2, -0.15) is 4.98 Å². The van der Waals surface area contributed by atoms with Crippen LogP contribution in [0.5, 0.6) is 0 Å². The lowest BCUT2D eigenvalue weighted by atomic mass is 10.3. The van der Waals surface area contributed by atoms with Crippen LogP contribution in [0.15, 0.2) is 61.1 Å². The summed E-state index contributed by atoms with van der Waals surface area (Å²) in [4.78, 5) is 16.3. The number of aromatic nitrogens is 3. The third-order valence-electron chi connectivity index (χ3n) is 4.16. The van der Waals surface area contributed by atoms with Crippen LogP contribution >= 0.6 is 0 Å². The van der Waals surface area contributed by atoms with Gasteiger partial charge in [-0.05, 0) is 36.4 Å². The molecule has 0 atom stereocenters. The van der Waals surface area contributed by atoms with Gasteiger partial charge in [0.05, 0.1) is 17.0 Å². The van der Waals surface area contributed by atoms with Crippen LogP contribution in [0.3, 0.4) is 0 Å². The SMILES string of the molecule is CCc1nc(Cn2c(=O)oc3cc(S(=O)(=O)Nc4ccc(F)cc4)ccc32)no1. The van der Waals surface area contributed by atoms with Gasteiger partial charge in [-0.15, -0.1) is 0 Å². The molecule has 11 heteroatoms. The van der Waals surface area contributed by atoms with Crippen LogP contribution in [-0.4, -0.2) is 23.1 Å². The summed E-state index contributed by atoms with van der Waals surface area (Å²) in [5.74, 6) is -0.406. The zero-order valence-corrected chi connectivity index (χ0v) is 15.9. The topological polar surface area (TPSA) is 120 Å². The molecule has 0 aliphatic carbocycles. The van der Waals surface area contributed by atoms with Gasteiger partial charge in [-0.3, -0.25) is 9.29 Å². The summed E-state index contributed by atoms with van der Waals surface area (Å²) in [6.45, 7) is 1.88. The van der Waals surface area contributed by atoms with Crippen molar-refractivity contribution in [2.24, 2.45) is 0 Å². The molecule has 0 unspecified atom stereocenters. The highest BCUT2D eigenvalue weighted by molar-refractivity contribution is 7.92. The van der Waals surface area contributed by atoms with E-state index >= 15 is 0 Å². The number of benzene rings is 2. The van der Waals surface area contributed by atoms with Crippen molar-refractivity contribution in [2.45, 2.75) is 24.8 Å². The lowest BCUT2D eigenvalue weighted by Crippen LogP contribution is -2.15. The highest BCUT2D eigenvalue weighted by Gasteiger charge is 2.19. The van der Waals surface area contributed by atoms with Gasteiger partial charge in [0.15, 0.2) is 11.4 Å². The van der Waals surface area contributed by atoms with Gasteiger partial charge < -0.3 is 8.94 Å². The van der Waals surface area contributed by atoms with Crippen molar-refractivity contribution < 1.29 is 21.7 Å². The van der Waals surface area contributed by atoms with Crippen molar-refractivity contribution >= 4 is 26.8 Å². The van der Waals surface area contributed by atoms with E-state index in [2.05, 4.69) is 14.9 Å². The van der Waals surface area contributed by atoms with Crippen molar-refractivity contribution in [1.29, 1.82) is 0 Å². The molecule has 0 saturated heterocycles. The number of nitrogens with zero attached hydrogens (tertiary/aromatic N) is 3. The molecule has 0 bridgehead atoms. The van der Waals surface area contributed by atoms with Crippen LogP contribution in [0.1, 0.15) is 18.6 Å². The molecule has 0 radical (unpaired) electrons. The summed E-state index contributed by atoms with van der Waals surface area (Å²) in [6, 6.07) is 8.93. The highest BCUT2D eigenvalue weighted by atomic mass is 32.2. The van der Waals surface area contributed by atoms with Gasteiger partial charge in [-0.25, -0.2) is 17.6 Å². The zero-order valence-electron chi connectivity index (χ0n) is 15.1. The van der Waals surface area contributed by atoms with Gasteiger partial charge in [0.1, 0.15) is 5.82 Å². The first-order valence-corrected chi connectivity index (χ1v) is 10.1. The lowest BCUT2D eigenvalue weighted by Gasteiger charge is -2.08. The Morgan fingerprint density at radius 3 is 2.62 bits per heavy atom. The maximum absolute atomic E-state index is 13.0. The normalized spacial score (nSPS) is 11.8. The maximum Gasteiger partial charge on any atom is 0.420 e. The fourth-order valence-corrected chi connectivity index (χ4v) is 3.81. The smallest absolute Gasteiger partial charge is 0.408 e. The number of anilines is 1. The van der Waals surface area contributed by atoms with E-state index in [0.29, 0.717) is 23.7 Å². The quantitative estimate of drug-likeness (QED) is 0.511. The first-order valence-electron chi connectivity index (χ1n) is 8.59. The standard InChI is InChI=1S/C18H15FN4O5S/c1-2-17-20-16(21-28-17)10-23-14-8-7-13(9-15(14)27-18(23)24)29(25,26)22-12-5-3-11(19)4-6-12/h3-9,22H,2,10H2,1H3. The predicted octanol–water partition coefficient (Wildman–Crippen LogP) is 2.53. The van der Waals surface area contributed by atoms with E-state index in [1.165, 1.54) is 34.9 Å². The van der Waals surface area contributed by atoms with E-state index in [1.54, 1.807) is 0 Å². The Bertz CT molecular complexity index is 1340. The Hall–Kier alpha value is -3.47. The Kier molecular flexibility index (Phi) is 4.66. The molecule has 4 rings (SSSR count). The van der Waals surface area contributed by atoms with Crippen LogP contribution < -0.4 is 10.5 Å². The summed E-state index contributed by atoms with van der Waals surface area (Å²) in [5.41, 5.74) is 0.684. The molecule has 0 amide bonds. The van der Waals surface area contributed by atoms with E-state index < -0.39 is 21.6 Å². The van der Waals surface area contributed by atoms with E-state index in [-0.39, 0.29) is 22.7 Å². The number of halogens is 1. The van der Waals surface area contributed by atoms with Crippen molar-refractivity contribution in [3.63, 3.8) is 0 Å². The number of hydrogen-bond donors (Lipinski definition) is 1. The summed E-state index contributed by atoms with van der Waals surface area (Å²) >= 11 is 0. The van der Waals surface area contributed by atoms with Crippen molar-refractivity contribution in [1.82, 2.24) is 14.7 Å². The zero-order chi connectivity index (χ0) is 20.6. The van der Waals surface area contributed by atoms with E-state index in [4.69, 9.17) is 8.94 Å². The fraction of sp³-hybridized carbons (Fsp3) is 0.167. The Labute approximate surface area is 163 Å². The van der Waals surface area contributed by atoms with Crippen LogP contribution in [-0.2, 0) is 23.0 Å². The van der Waals surface area contributed by atoms with E-state index in [9.17, 15) is 17.6 Å². The second kappa shape index (κ2) is 7.17. The molecule has 2 aromatic carbocycles. The minimum Gasteiger partial charge on any atom is -0.408 e. The molecule has 2 aromatic heterocycles. The summed E-state index contributed by atoms with van der Waals surface area (Å²) < 4.78 is 52.0. The Balaban J connectivity index is 1.66. The fourth-order valence-electron chi connectivity index (χ4n) is 2.73. The Morgan fingerprint density at radius 2 is 1.93 bits per heavy atom. The second-order valence-electron chi connectivity index (χ2n) is 6.15. The molecule has 150 valence electrons. The first kappa shape index (κ1) is 18.9. The average molecular weight is 418 g/mol. The van der Waals surface area contributed by atoms with E-state index in [1.807, 2.05) is 6.92 Å². The molecule has 1 N–H and O–H groups in total. The van der Waals surface area contributed by atoms with Crippen LogP contribution in [0.25, 0.3) is 11.1 Å². The molecule has 29 heavy (non-hydrogen) atoms. The largest absolute Gasteiger partial charge is 0.420 e. The number of nitrogens with one attached hydrogen (secondary N) is 1. The molecule has 4 aromatic rings. The third-order valence-corrected chi connectivity index (χ3v) is 5.54. The van der Waals surface area contributed by atoms with E-state index in [0.717, 1.165) is 12.1 Å². The highest BCUT2D eigenvalue weighted by Crippen LogP contribution is 2.21. The van der Waals surface area contributed by atoms with Gasteiger partial charge in [0.25, 0.3) is 10.0 Å². The van der Waals surface area contributed by atoms with Crippen molar-refractivity contribution in [3.05, 3.63) is 70.5 Å². The molecule has 0 spiro atoms.